The fraction of sp³-hybridized carbons (Fsp3) is 0.516. The molecular weight excluding hydrogens is 1000 g/mol. The second-order valence-corrected chi connectivity index (χ2v) is 20.3. The van der Waals surface area contributed by atoms with Gasteiger partial charge in [0.15, 0.2) is 0 Å². The number of rotatable bonds is 34. The van der Waals surface area contributed by atoms with Crippen LogP contribution in [0.4, 0.5) is 91.4 Å². The van der Waals surface area contributed by atoms with E-state index in [0.29, 0.717) is 0 Å². The van der Waals surface area contributed by atoms with Crippen LogP contribution in [0.5, 0.6) is 0 Å². The van der Waals surface area contributed by atoms with Gasteiger partial charge in [-0.15, -0.1) is 0 Å². The van der Waals surface area contributed by atoms with E-state index in [1.165, 1.54) is 169 Å². The lowest BCUT2D eigenvalue weighted by Gasteiger charge is -2.27. The van der Waals surface area contributed by atoms with Crippen molar-refractivity contribution in [2.75, 3.05) is 72.0 Å². The summed E-state index contributed by atoms with van der Waals surface area (Å²) in [6, 6.07) is 47.5. The molecule has 0 aliphatic carbocycles. The largest absolute Gasteiger partial charge is 0.673 e. The Labute approximate surface area is 465 Å². The first-order valence-corrected chi connectivity index (χ1v) is 29.4. The van der Waals surface area contributed by atoms with Gasteiger partial charge in [0.1, 0.15) is 34.1 Å². The molecule has 16 heteroatoms. The van der Waals surface area contributed by atoms with Gasteiger partial charge in [-0.3, -0.25) is 0 Å². The molecule has 0 saturated heterocycles. The maximum atomic E-state index is 9.75. The molecule has 0 fully saturated rings. The highest BCUT2D eigenvalue weighted by atomic mass is 19.5. The van der Waals surface area contributed by atoms with Gasteiger partial charge in [0.2, 0.25) is 0 Å². The van der Waals surface area contributed by atoms with Gasteiger partial charge in [0, 0.05) is 148 Å². The van der Waals surface area contributed by atoms with Crippen molar-refractivity contribution in [1.82, 2.24) is 0 Å². The molecule has 5 aromatic rings. The molecule has 0 saturated carbocycles. The lowest BCUT2D eigenvalue weighted by Crippen LogP contribution is -2.97. The molecule has 0 atom stereocenters. The van der Waals surface area contributed by atoms with Gasteiger partial charge in [-0.1, -0.05) is 107 Å². The maximum absolute atomic E-state index is 9.75. The third kappa shape index (κ3) is 25.3. The Morgan fingerprint density at radius 2 is 0.359 bits per heavy atom. The zero-order valence-corrected chi connectivity index (χ0v) is 48.5. The molecule has 78 heavy (non-hydrogen) atoms. The first-order valence-electron chi connectivity index (χ1n) is 29.4. The summed E-state index contributed by atoms with van der Waals surface area (Å²) in [5, 5.41) is 0. The lowest BCUT2D eigenvalue weighted by atomic mass is 10.1. The SMILES string of the molecule is CCCCN(CCCC)c1ccc([NH+](c2ccc(N(CCCC)CCCC)cc2)c2ccc([NH+](c3ccc(N(CCCC)CCCC)cc3)c3ccc(N(CCCC)CCCC)cc3)cc2)cc1.F[B-](F)(F)F.F[B-](F)(F)F. The summed E-state index contributed by atoms with van der Waals surface area (Å²) in [6.45, 7) is 27.3. The number of halogens is 8. The fourth-order valence-corrected chi connectivity index (χ4v) is 9.43. The number of nitrogens with zero attached hydrogens (tertiary/aromatic N) is 4. The minimum absolute atomic E-state index is 1.11. The second-order valence-electron chi connectivity index (χ2n) is 20.3. The van der Waals surface area contributed by atoms with Crippen LogP contribution in [0.25, 0.3) is 0 Å². The number of nitrogens with one attached hydrogen (secondary N) is 2. The van der Waals surface area contributed by atoms with E-state index in [2.05, 4.69) is 196 Å². The molecule has 0 aliphatic heterocycles. The average Bonchev–Trinajstić information content (AvgIpc) is 3.42. The number of quaternary nitrogens is 2. The van der Waals surface area contributed by atoms with E-state index in [-0.39, 0.29) is 0 Å². The summed E-state index contributed by atoms with van der Waals surface area (Å²) in [5.41, 5.74) is 12.8. The number of unbranched alkanes of at least 4 members (excludes halogenated alkanes) is 8. The first kappa shape index (κ1) is 67.1. The molecular formula is C62H94B2F8N6. The molecule has 0 bridgehead atoms. The maximum Gasteiger partial charge on any atom is 0.673 e. The highest BCUT2D eigenvalue weighted by Gasteiger charge is 2.25. The first-order chi connectivity index (χ1) is 37.4. The Morgan fingerprint density at radius 3 is 0.474 bits per heavy atom. The van der Waals surface area contributed by atoms with Gasteiger partial charge >= 0.3 is 14.5 Å². The van der Waals surface area contributed by atoms with Crippen molar-refractivity contribution < 1.29 is 44.3 Å². The van der Waals surface area contributed by atoms with Crippen molar-refractivity contribution in [2.45, 2.75) is 158 Å². The lowest BCUT2D eigenvalue weighted by molar-refractivity contribution is -0.684. The normalized spacial score (nSPS) is 11.5. The molecule has 0 aromatic heterocycles. The smallest absolute Gasteiger partial charge is 0.418 e. The van der Waals surface area contributed by atoms with E-state index in [1.807, 2.05) is 0 Å². The molecule has 0 amide bonds. The highest BCUT2D eigenvalue weighted by molar-refractivity contribution is 6.50. The Hall–Kier alpha value is -5.21. The van der Waals surface area contributed by atoms with Crippen molar-refractivity contribution in [3.8, 4) is 0 Å². The van der Waals surface area contributed by atoms with E-state index in [0.717, 1.165) is 52.4 Å². The molecule has 434 valence electrons. The molecule has 5 rings (SSSR count). The minimum Gasteiger partial charge on any atom is -0.418 e. The molecule has 0 unspecified atom stereocenters. The van der Waals surface area contributed by atoms with Gasteiger partial charge in [-0.25, -0.2) is 9.80 Å². The van der Waals surface area contributed by atoms with Crippen molar-refractivity contribution >= 4 is 71.4 Å². The van der Waals surface area contributed by atoms with Crippen LogP contribution >= 0.6 is 0 Å². The fourth-order valence-electron chi connectivity index (χ4n) is 9.43. The predicted molar refractivity (Wildman–Crippen MR) is 321 cm³/mol. The Morgan fingerprint density at radius 1 is 0.244 bits per heavy atom. The zero-order valence-electron chi connectivity index (χ0n) is 48.5. The van der Waals surface area contributed by atoms with Crippen LogP contribution in [0, 0.1) is 0 Å². The van der Waals surface area contributed by atoms with E-state index in [1.54, 1.807) is 0 Å². The quantitative estimate of drug-likeness (QED) is 0.0316. The molecule has 0 spiro atoms. The van der Waals surface area contributed by atoms with Gasteiger partial charge in [0.05, 0.1) is 0 Å². The summed E-state index contributed by atoms with van der Waals surface area (Å²) in [5.74, 6) is 0. The molecule has 0 heterocycles. The van der Waals surface area contributed by atoms with Gasteiger partial charge < -0.3 is 54.1 Å². The Kier molecular flexibility index (Phi) is 31.7. The van der Waals surface area contributed by atoms with Gasteiger partial charge in [0.25, 0.3) is 0 Å². The molecule has 6 nitrogen and oxygen atoms in total. The van der Waals surface area contributed by atoms with E-state index >= 15 is 0 Å². The third-order valence-electron chi connectivity index (χ3n) is 13.8. The van der Waals surface area contributed by atoms with Crippen molar-refractivity contribution in [1.29, 1.82) is 0 Å². The highest BCUT2D eigenvalue weighted by Crippen LogP contribution is 2.27. The Balaban J connectivity index is 0.00000146. The summed E-state index contributed by atoms with van der Waals surface area (Å²) in [4.78, 5) is 13.0. The van der Waals surface area contributed by atoms with E-state index in [9.17, 15) is 34.5 Å². The van der Waals surface area contributed by atoms with Gasteiger partial charge in [-0.05, 0) is 99.9 Å². The number of anilines is 4. The standard InChI is InChI=1S/C62H92N6.2BF4/c1-9-17-45-63(46-18-10-2)53-25-33-57(34-26-53)67(58-35-27-54(28-36-58)64(47-19-11-3)48-20-12-4)61-41-43-62(44-42-61)68(59-37-29-55(30-38-59)65(49-21-13-5)50-22-14-6)60-39-31-56(32-40-60)66(51-23-15-7)52-24-16-8;2*2-1(3,4)5/h25-44H,9-24,45-52H2,1-8H3;;/q;2*-1/p+2. The van der Waals surface area contributed by atoms with Crippen LogP contribution in [0.1, 0.15) is 158 Å². The summed E-state index contributed by atoms with van der Waals surface area (Å²) in [6.07, 6.45) is 19.4. The van der Waals surface area contributed by atoms with Crippen LogP contribution in [0.3, 0.4) is 0 Å². The van der Waals surface area contributed by atoms with Crippen molar-refractivity contribution in [3.63, 3.8) is 0 Å². The van der Waals surface area contributed by atoms with Crippen molar-refractivity contribution in [3.05, 3.63) is 121 Å². The summed E-state index contributed by atoms with van der Waals surface area (Å²) < 4.78 is 78.0. The second kappa shape index (κ2) is 36.9. The predicted octanol–water partition coefficient (Wildman–Crippen LogP) is 18.3. The van der Waals surface area contributed by atoms with Crippen LogP contribution in [-0.4, -0.2) is 66.9 Å². The van der Waals surface area contributed by atoms with Crippen LogP contribution in [0.2, 0.25) is 0 Å². The number of hydrogen-bond donors (Lipinski definition) is 2. The molecule has 5 aromatic carbocycles. The number of benzene rings is 5. The zero-order chi connectivity index (χ0) is 57.4. The monoisotopic (exact) mass is 1100 g/mol. The summed E-state index contributed by atoms with van der Waals surface area (Å²) >= 11 is 0. The van der Waals surface area contributed by atoms with E-state index < -0.39 is 14.5 Å². The molecule has 2 N–H and O–H groups in total. The van der Waals surface area contributed by atoms with Gasteiger partial charge in [-0.2, -0.15) is 0 Å². The number of hydrogen-bond acceptors (Lipinski definition) is 4. The Bertz CT molecular complexity index is 1950. The molecule has 0 aliphatic rings. The minimum atomic E-state index is -6.00. The van der Waals surface area contributed by atoms with Crippen molar-refractivity contribution in [2.24, 2.45) is 0 Å². The third-order valence-corrected chi connectivity index (χ3v) is 13.8. The van der Waals surface area contributed by atoms with Crippen LogP contribution in [0.15, 0.2) is 121 Å². The van der Waals surface area contributed by atoms with Crippen LogP contribution < -0.4 is 29.4 Å². The molecule has 0 radical (unpaired) electrons. The van der Waals surface area contributed by atoms with Crippen LogP contribution in [-0.2, 0) is 0 Å². The average molecular weight is 1100 g/mol. The van der Waals surface area contributed by atoms with E-state index in [4.69, 9.17) is 0 Å². The summed E-state index contributed by atoms with van der Waals surface area (Å²) in [7, 11) is -12.0. The topological polar surface area (TPSA) is 21.8 Å².